The molecule has 3 aromatic rings. The Morgan fingerprint density at radius 1 is 0.704 bits per heavy atom. The van der Waals surface area contributed by atoms with Crippen molar-refractivity contribution in [2.75, 3.05) is 5.73 Å². The Morgan fingerprint density at radius 2 is 1.37 bits per heavy atom. The first-order valence-electron chi connectivity index (χ1n) is 9.54. The van der Waals surface area contributed by atoms with Crippen LogP contribution >= 0.6 is 0 Å². The third kappa shape index (κ3) is 3.59. The van der Waals surface area contributed by atoms with Gasteiger partial charge in [-0.1, -0.05) is 72.3 Å². The Kier molecular flexibility index (Phi) is 4.68. The molecule has 1 aliphatic carbocycles. The van der Waals surface area contributed by atoms with Gasteiger partial charge in [-0.05, 0) is 77.8 Å². The Labute approximate surface area is 161 Å². The lowest BCUT2D eigenvalue weighted by Gasteiger charge is -2.20. The number of nitrogens with two attached hydrogens (primary N) is 1. The zero-order valence-corrected chi connectivity index (χ0v) is 16.0. The van der Waals surface area contributed by atoms with Gasteiger partial charge in [0.1, 0.15) is 0 Å². The minimum absolute atomic E-state index is 0.823. The van der Waals surface area contributed by atoms with Crippen LogP contribution in [0.1, 0.15) is 36.5 Å². The molecule has 1 nitrogen and oxygen atoms in total. The number of hydrogen-bond acceptors (Lipinski definition) is 1. The van der Waals surface area contributed by atoms with Gasteiger partial charge in [0.2, 0.25) is 0 Å². The standard InChI is InChI=1S/C26H25N/c1-18-8-10-23(16-25(18)26-17-24(27)15-9-19(26)2)22-13-11-21(12-14-22)20-6-4-3-5-7-20/h3-7,9,11-17H,8,10,27H2,1-2H3. The Hall–Kier alpha value is -3.06. The Bertz CT molecular complexity index is 1020. The van der Waals surface area contributed by atoms with Crippen LogP contribution in [0.25, 0.3) is 22.3 Å². The van der Waals surface area contributed by atoms with Crippen LogP contribution in [0.3, 0.4) is 0 Å². The minimum atomic E-state index is 0.823. The molecule has 0 saturated heterocycles. The number of hydrogen-bond donors (Lipinski definition) is 1. The highest BCUT2D eigenvalue weighted by Crippen LogP contribution is 2.37. The summed E-state index contributed by atoms with van der Waals surface area (Å²) in [4.78, 5) is 0. The molecule has 0 atom stereocenters. The highest BCUT2D eigenvalue weighted by molar-refractivity contribution is 5.89. The molecule has 0 heterocycles. The van der Waals surface area contributed by atoms with Crippen molar-refractivity contribution >= 4 is 16.8 Å². The molecule has 4 rings (SSSR count). The van der Waals surface area contributed by atoms with Gasteiger partial charge < -0.3 is 5.73 Å². The second-order valence-corrected chi connectivity index (χ2v) is 7.38. The molecule has 1 aliphatic rings. The van der Waals surface area contributed by atoms with E-state index in [2.05, 4.69) is 86.7 Å². The summed E-state index contributed by atoms with van der Waals surface area (Å²) in [6, 6.07) is 25.7. The van der Waals surface area contributed by atoms with Crippen molar-refractivity contribution < 1.29 is 0 Å². The molecule has 0 bridgehead atoms. The molecule has 0 radical (unpaired) electrons. The lowest BCUT2D eigenvalue weighted by Crippen LogP contribution is -2.00. The minimum Gasteiger partial charge on any atom is -0.399 e. The number of nitrogen functional groups attached to an aromatic ring is 1. The van der Waals surface area contributed by atoms with Crippen LogP contribution in [0, 0.1) is 6.92 Å². The molecular weight excluding hydrogens is 326 g/mol. The summed E-state index contributed by atoms with van der Waals surface area (Å²) in [5.41, 5.74) is 17.4. The molecule has 0 fully saturated rings. The maximum atomic E-state index is 6.05. The molecular formula is C26H25N. The third-order valence-corrected chi connectivity index (χ3v) is 5.46. The Balaban J connectivity index is 1.69. The molecule has 27 heavy (non-hydrogen) atoms. The summed E-state index contributed by atoms with van der Waals surface area (Å²) in [5.74, 6) is 0. The van der Waals surface area contributed by atoms with E-state index >= 15 is 0 Å². The topological polar surface area (TPSA) is 26.0 Å². The van der Waals surface area contributed by atoms with Gasteiger partial charge in [0.05, 0.1) is 0 Å². The maximum absolute atomic E-state index is 6.05. The van der Waals surface area contributed by atoms with Crippen LogP contribution in [0.2, 0.25) is 0 Å². The van der Waals surface area contributed by atoms with E-state index in [1.165, 1.54) is 44.5 Å². The van der Waals surface area contributed by atoms with E-state index in [0.29, 0.717) is 0 Å². The van der Waals surface area contributed by atoms with E-state index in [4.69, 9.17) is 5.73 Å². The zero-order valence-electron chi connectivity index (χ0n) is 16.0. The van der Waals surface area contributed by atoms with E-state index < -0.39 is 0 Å². The normalized spacial score (nSPS) is 14.2. The first-order chi connectivity index (χ1) is 13.1. The number of rotatable bonds is 3. The van der Waals surface area contributed by atoms with Crippen LogP contribution in [0.15, 0.2) is 84.4 Å². The first-order valence-corrected chi connectivity index (χ1v) is 9.54. The van der Waals surface area contributed by atoms with Crippen LogP contribution in [0.5, 0.6) is 0 Å². The summed E-state index contributed by atoms with van der Waals surface area (Å²) in [5, 5.41) is 0. The van der Waals surface area contributed by atoms with E-state index in [9.17, 15) is 0 Å². The first kappa shape index (κ1) is 17.4. The fraction of sp³-hybridized carbons (Fsp3) is 0.154. The second-order valence-electron chi connectivity index (χ2n) is 7.38. The van der Waals surface area contributed by atoms with Crippen LogP contribution < -0.4 is 5.73 Å². The van der Waals surface area contributed by atoms with Crippen molar-refractivity contribution in [1.29, 1.82) is 0 Å². The monoisotopic (exact) mass is 351 g/mol. The predicted molar refractivity (Wildman–Crippen MR) is 117 cm³/mol. The summed E-state index contributed by atoms with van der Waals surface area (Å²) in [7, 11) is 0. The highest BCUT2D eigenvalue weighted by atomic mass is 14.5. The van der Waals surface area contributed by atoms with Crippen molar-refractivity contribution in [2.24, 2.45) is 0 Å². The fourth-order valence-electron chi connectivity index (χ4n) is 3.80. The number of allylic oxidation sites excluding steroid dienone is 4. The molecule has 3 aromatic carbocycles. The number of benzene rings is 3. The molecule has 0 spiro atoms. The SMILES string of the molecule is CC1=C(c2cc(N)ccc2C)C=C(c2ccc(-c3ccccc3)cc2)CC1. The van der Waals surface area contributed by atoms with Crippen molar-refractivity contribution in [3.05, 3.63) is 101 Å². The van der Waals surface area contributed by atoms with Gasteiger partial charge in [0.25, 0.3) is 0 Å². The molecule has 0 aliphatic heterocycles. The van der Waals surface area contributed by atoms with Crippen molar-refractivity contribution in [3.63, 3.8) is 0 Å². The Morgan fingerprint density at radius 3 is 2.11 bits per heavy atom. The summed E-state index contributed by atoms with van der Waals surface area (Å²) >= 11 is 0. The highest BCUT2D eigenvalue weighted by Gasteiger charge is 2.15. The lowest BCUT2D eigenvalue weighted by molar-refractivity contribution is 0.982. The largest absolute Gasteiger partial charge is 0.399 e. The van der Waals surface area contributed by atoms with Crippen LogP contribution in [-0.2, 0) is 0 Å². The molecule has 0 aromatic heterocycles. The van der Waals surface area contributed by atoms with E-state index in [1.54, 1.807) is 0 Å². The fourth-order valence-corrected chi connectivity index (χ4v) is 3.80. The van der Waals surface area contributed by atoms with Crippen molar-refractivity contribution in [1.82, 2.24) is 0 Å². The van der Waals surface area contributed by atoms with E-state index in [0.717, 1.165) is 18.5 Å². The molecule has 0 amide bonds. The van der Waals surface area contributed by atoms with Crippen LogP contribution in [-0.4, -0.2) is 0 Å². The quantitative estimate of drug-likeness (QED) is 0.511. The smallest absolute Gasteiger partial charge is 0.0320 e. The summed E-state index contributed by atoms with van der Waals surface area (Å²) in [6.07, 6.45) is 4.54. The average molecular weight is 351 g/mol. The summed E-state index contributed by atoms with van der Waals surface area (Å²) < 4.78 is 0. The van der Waals surface area contributed by atoms with E-state index in [-0.39, 0.29) is 0 Å². The molecule has 2 N–H and O–H groups in total. The van der Waals surface area contributed by atoms with Gasteiger partial charge in [-0.3, -0.25) is 0 Å². The van der Waals surface area contributed by atoms with Gasteiger partial charge in [-0.2, -0.15) is 0 Å². The lowest BCUT2D eigenvalue weighted by atomic mass is 9.85. The maximum Gasteiger partial charge on any atom is 0.0320 e. The van der Waals surface area contributed by atoms with Crippen molar-refractivity contribution in [3.8, 4) is 11.1 Å². The van der Waals surface area contributed by atoms with Gasteiger partial charge in [0.15, 0.2) is 0 Å². The zero-order chi connectivity index (χ0) is 18.8. The third-order valence-electron chi connectivity index (χ3n) is 5.46. The number of aryl methyl sites for hydroxylation is 1. The van der Waals surface area contributed by atoms with E-state index in [1.807, 2.05) is 6.07 Å². The summed E-state index contributed by atoms with van der Waals surface area (Å²) in [6.45, 7) is 4.40. The van der Waals surface area contributed by atoms with Gasteiger partial charge in [-0.15, -0.1) is 0 Å². The van der Waals surface area contributed by atoms with Gasteiger partial charge >= 0.3 is 0 Å². The molecule has 134 valence electrons. The average Bonchev–Trinajstić information content (AvgIpc) is 2.71. The van der Waals surface area contributed by atoms with Crippen molar-refractivity contribution in [2.45, 2.75) is 26.7 Å². The predicted octanol–water partition coefficient (Wildman–Crippen LogP) is 6.90. The molecule has 0 unspecified atom stereocenters. The number of anilines is 1. The molecule has 0 saturated carbocycles. The van der Waals surface area contributed by atoms with Crippen LogP contribution in [0.4, 0.5) is 5.69 Å². The molecule has 1 heteroatoms. The van der Waals surface area contributed by atoms with Gasteiger partial charge in [-0.25, -0.2) is 0 Å². The second kappa shape index (κ2) is 7.28. The van der Waals surface area contributed by atoms with Gasteiger partial charge in [0, 0.05) is 5.69 Å².